The van der Waals surface area contributed by atoms with Gasteiger partial charge in [0.25, 0.3) is 0 Å². The zero-order valence-corrected chi connectivity index (χ0v) is 7.03. The highest BCUT2D eigenvalue weighted by Crippen LogP contribution is 2.16. The van der Waals surface area contributed by atoms with E-state index in [0.29, 0.717) is 13.1 Å². The number of hydrogen-bond donors (Lipinski definition) is 1. The maximum atomic E-state index is 11.1. The van der Waals surface area contributed by atoms with Crippen LogP contribution in [0.15, 0.2) is 0 Å². The van der Waals surface area contributed by atoms with Crippen LogP contribution >= 0.6 is 0 Å². The number of nitrogens with zero attached hydrogens (tertiary/aromatic N) is 2. The minimum atomic E-state index is -0.423. The van der Waals surface area contributed by atoms with Crippen molar-refractivity contribution in [3.63, 3.8) is 0 Å². The van der Waals surface area contributed by atoms with E-state index in [2.05, 4.69) is 0 Å². The van der Waals surface area contributed by atoms with Crippen molar-refractivity contribution in [3.05, 3.63) is 0 Å². The topological polar surface area (TPSA) is 64.3 Å². The normalized spacial score (nSPS) is 28.6. The molecular weight excluding hydrogens is 156 g/mol. The molecule has 0 aromatic carbocycles. The molecule has 0 aliphatic carbocycles. The molecule has 1 amide bonds. The van der Waals surface area contributed by atoms with Gasteiger partial charge in [-0.25, -0.2) is 0 Å². The Morgan fingerprint density at radius 2 is 2.42 bits per heavy atom. The maximum Gasteiger partial charge on any atom is 0.236 e. The molecule has 66 valence electrons. The van der Waals surface area contributed by atoms with Gasteiger partial charge in [0.15, 0.2) is 0 Å². The Balaban J connectivity index is 2.47. The Morgan fingerprint density at radius 1 is 1.75 bits per heavy atom. The second kappa shape index (κ2) is 3.55. The number of carbonyl (C=O) groups excluding carboxylic acids is 1. The van der Waals surface area contributed by atoms with Crippen molar-refractivity contribution in [2.45, 2.75) is 19.4 Å². The third-order valence-electron chi connectivity index (χ3n) is 2.16. The highest BCUT2D eigenvalue weighted by molar-refractivity contribution is 5.78. The van der Waals surface area contributed by atoms with E-state index in [9.17, 15) is 9.90 Å². The van der Waals surface area contributed by atoms with Gasteiger partial charge in [-0.05, 0) is 0 Å². The molecule has 0 aromatic heterocycles. The molecule has 4 heteroatoms. The van der Waals surface area contributed by atoms with Crippen LogP contribution in [0.1, 0.15) is 13.3 Å². The largest absolute Gasteiger partial charge is 0.391 e. The minimum Gasteiger partial charge on any atom is -0.391 e. The van der Waals surface area contributed by atoms with Crippen LogP contribution in [-0.4, -0.2) is 35.1 Å². The zero-order valence-electron chi connectivity index (χ0n) is 7.03. The van der Waals surface area contributed by atoms with Crippen LogP contribution in [0.5, 0.6) is 0 Å². The van der Waals surface area contributed by atoms with Crippen LogP contribution in [0.3, 0.4) is 0 Å². The second-order valence-corrected chi connectivity index (χ2v) is 3.18. The highest BCUT2D eigenvalue weighted by atomic mass is 16.3. The summed E-state index contributed by atoms with van der Waals surface area (Å²) in [6.07, 6.45) is -0.507. The first-order valence-corrected chi connectivity index (χ1v) is 3.98. The lowest BCUT2D eigenvalue weighted by molar-refractivity contribution is -0.129. The Kier molecular flexibility index (Phi) is 2.66. The number of hydrogen-bond acceptors (Lipinski definition) is 3. The van der Waals surface area contributed by atoms with Crippen molar-refractivity contribution in [2.75, 3.05) is 13.1 Å². The van der Waals surface area contributed by atoms with E-state index in [1.165, 1.54) is 0 Å². The number of aliphatic hydroxyl groups excluding tert-OH is 1. The summed E-state index contributed by atoms with van der Waals surface area (Å²) in [7, 11) is 0. The van der Waals surface area contributed by atoms with Gasteiger partial charge in [0.2, 0.25) is 5.91 Å². The first-order valence-electron chi connectivity index (χ1n) is 3.98. The summed E-state index contributed by atoms with van der Waals surface area (Å²) in [5, 5.41) is 17.6. The molecular formula is C8H12N2O2. The fraction of sp³-hybridized carbons (Fsp3) is 0.750. The predicted octanol–water partition coefficient (Wildman–Crippen LogP) is -0.261. The van der Waals surface area contributed by atoms with Crippen molar-refractivity contribution in [3.8, 4) is 6.07 Å². The molecule has 1 fully saturated rings. The maximum absolute atomic E-state index is 11.1. The first-order chi connectivity index (χ1) is 5.65. The average Bonchev–Trinajstić information content (AvgIpc) is 2.33. The molecule has 0 saturated carbocycles. The van der Waals surface area contributed by atoms with Gasteiger partial charge in [0.1, 0.15) is 6.42 Å². The lowest BCUT2D eigenvalue weighted by Gasteiger charge is -2.12. The molecule has 1 heterocycles. The average molecular weight is 168 g/mol. The summed E-state index contributed by atoms with van der Waals surface area (Å²) in [4.78, 5) is 12.7. The zero-order chi connectivity index (χ0) is 9.14. The van der Waals surface area contributed by atoms with E-state index in [-0.39, 0.29) is 18.2 Å². The molecule has 0 bridgehead atoms. The number of likely N-dealkylation sites (tertiary alicyclic amines) is 1. The lowest BCUT2D eigenvalue weighted by Crippen LogP contribution is -2.28. The Labute approximate surface area is 71.4 Å². The number of carbonyl (C=O) groups is 1. The van der Waals surface area contributed by atoms with Crippen LogP contribution in [-0.2, 0) is 4.79 Å². The summed E-state index contributed by atoms with van der Waals surface area (Å²) in [5.41, 5.74) is 0. The summed E-state index contributed by atoms with van der Waals surface area (Å²) in [6, 6.07) is 1.80. The van der Waals surface area contributed by atoms with Crippen molar-refractivity contribution in [1.29, 1.82) is 5.26 Å². The number of rotatable bonds is 1. The molecule has 1 aliphatic rings. The van der Waals surface area contributed by atoms with Gasteiger partial charge in [-0.1, -0.05) is 6.92 Å². The molecule has 12 heavy (non-hydrogen) atoms. The smallest absolute Gasteiger partial charge is 0.236 e. The van der Waals surface area contributed by atoms with Gasteiger partial charge >= 0.3 is 0 Å². The van der Waals surface area contributed by atoms with Gasteiger partial charge in [-0.3, -0.25) is 4.79 Å². The van der Waals surface area contributed by atoms with Crippen molar-refractivity contribution < 1.29 is 9.90 Å². The van der Waals surface area contributed by atoms with E-state index >= 15 is 0 Å². The van der Waals surface area contributed by atoms with Crippen LogP contribution < -0.4 is 0 Å². The molecule has 0 aromatic rings. The van der Waals surface area contributed by atoms with Gasteiger partial charge < -0.3 is 10.0 Å². The molecule has 1 saturated heterocycles. The van der Waals surface area contributed by atoms with E-state index in [0.717, 1.165) is 0 Å². The predicted molar refractivity (Wildman–Crippen MR) is 42.0 cm³/mol. The monoisotopic (exact) mass is 168 g/mol. The fourth-order valence-corrected chi connectivity index (χ4v) is 1.33. The van der Waals surface area contributed by atoms with Crippen molar-refractivity contribution in [2.24, 2.45) is 5.92 Å². The number of aliphatic hydroxyl groups is 1. The summed E-state index contributed by atoms with van der Waals surface area (Å²) in [5.74, 6) is -0.0476. The number of amides is 1. The number of β-amino-alcohol motifs (C(OH)–C–C–N with tert-alkyl or cyclic N) is 1. The van der Waals surface area contributed by atoms with Crippen molar-refractivity contribution in [1.82, 2.24) is 4.90 Å². The second-order valence-electron chi connectivity index (χ2n) is 3.18. The van der Waals surface area contributed by atoms with Gasteiger partial charge in [0.05, 0.1) is 12.2 Å². The van der Waals surface area contributed by atoms with E-state index in [1.807, 2.05) is 6.92 Å². The Hall–Kier alpha value is -1.08. The molecule has 2 atom stereocenters. The van der Waals surface area contributed by atoms with Crippen LogP contribution in [0.25, 0.3) is 0 Å². The van der Waals surface area contributed by atoms with Crippen LogP contribution in [0.2, 0.25) is 0 Å². The summed E-state index contributed by atoms with van der Waals surface area (Å²) >= 11 is 0. The van der Waals surface area contributed by atoms with E-state index in [1.54, 1.807) is 11.0 Å². The molecule has 0 spiro atoms. The number of nitriles is 1. The molecule has 0 radical (unpaired) electrons. The molecule has 2 unspecified atom stereocenters. The molecule has 4 nitrogen and oxygen atoms in total. The van der Waals surface area contributed by atoms with E-state index in [4.69, 9.17) is 5.26 Å². The van der Waals surface area contributed by atoms with E-state index < -0.39 is 6.10 Å². The standard InChI is InChI=1S/C8H12N2O2/c1-6-4-10(5-7(6)11)8(12)2-3-9/h6-7,11H,2,4-5H2,1H3. The quantitative estimate of drug-likeness (QED) is 0.586. The Morgan fingerprint density at radius 3 is 2.83 bits per heavy atom. The highest BCUT2D eigenvalue weighted by Gasteiger charge is 2.30. The third kappa shape index (κ3) is 1.74. The minimum absolute atomic E-state index is 0.0839. The fourth-order valence-electron chi connectivity index (χ4n) is 1.33. The Bertz CT molecular complexity index is 212. The SMILES string of the molecule is CC1CN(C(=O)CC#N)CC1O. The van der Waals surface area contributed by atoms with Gasteiger partial charge in [-0.15, -0.1) is 0 Å². The molecule has 1 aliphatic heterocycles. The first kappa shape index (κ1) is 9.01. The summed E-state index contributed by atoms with van der Waals surface area (Å²) < 4.78 is 0. The molecule has 1 rings (SSSR count). The van der Waals surface area contributed by atoms with Gasteiger partial charge in [-0.2, -0.15) is 5.26 Å². The third-order valence-corrected chi connectivity index (χ3v) is 2.16. The van der Waals surface area contributed by atoms with Crippen molar-refractivity contribution >= 4 is 5.91 Å². The summed E-state index contributed by atoms with van der Waals surface area (Å²) in [6.45, 7) is 2.84. The van der Waals surface area contributed by atoms with Crippen LogP contribution in [0.4, 0.5) is 0 Å². The molecule has 1 N–H and O–H groups in total. The van der Waals surface area contributed by atoms with Crippen LogP contribution in [0, 0.1) is 17.2 Å². The van der Waals surface area contributed by atoms with Gasteiger partial charge in [0, 0.05) is 19.0 Å². The lowest BCUT2D eigenvalue weighted by atomic mass is 10.1.